The fourth-order valence-corrected chi connectivity index (χ4v) is 5.20. The van der Waals surface area contributed by atoms with E-state index in [2.05, 4.69) is 0 Å². The van der Waals surface area contributed by atoms with Crippen molar-refractivity contribution in [3.63, 3.8) is 0 Å². The minimum absolute atomic E-state index is 0. The molecule has 0 amide bonds. The van der Waals surface area contributed by atoms with Gasteiger partial charge in [-0.1, -0.05) is 61.8 Å². The van der Waals surface area contributed by atoms with E-state index in [1.165, 1.54) is 12.2 Å². The topological polar surface area (TPSA) is 126 Å². The summed E-state index contributed by atoms with van der Waals surface area (Å²) in [7, 11) is -11.5. The Labute approximate surface area is 289 Å². The SMILES string of the molecule is CC(C)=CCC/C(C)=C\CC(C/C=C(\C)CCC=C(C)C)(P(=O)([O-])[O-])P(=O)([O-])[O-].[Na+].[Na+].[Na+].[Na+]. The van der Waals surface area contributed by atoms with E-state index in [1.807, 2.05) is 39.8 Å². The van der Waals surface area contributed by atoms with Crippen LogP contribution < -0.4 is 138 Å². The predicted molar refractivity (Wildman–Crippen MR) is 112 cm³/mol. The third kappa shape index (κ3) is 19.0. The maximum Gasteiger partial charge on any atom is 1.00 e. The van der Waals surface area contributed by atoms with Crippen LogP contribution in [0.15, 0.2) is 46.6 Å². The second kappa shape index (κ2) is 22.1. The minimum Gasteiger partial charge on any atom is -0.810 e. The van der Waals surface area contributed by atoms with E-state index >= 15 is 0 Å². The van der Waals surface area contributed by atoms with Crippen LogP contribution in [0.2, 0.25) is 0 Å². The van der Waals surface area contributed by atoms with E-state index in [0.717, 1.165) is 22.3 Å². The maximum atomic E-state index is 12.0. The van der Waals surface area contributed by atoms with Crippen LogP contribution in [-0.2, 0) is 9.13 Å². The molecule has 0 spiro atoms. The van der Waals surface area contributed by atoms with E-state index < -0.39 is 32.9 Å². The Hall–Kier alpha value is 3.26. The summed E-state index contributed by atoms with van der Waals surface area (Å²) in [6.07, 6.45) is 8.14. The molecule has 0 unspecified atom stereocenters. The standard InChI is InChI=1S/C21H38O6P2.4Na/c1-17(2)9-7-11-19(5)13-15-21(28(22,23)24,29(25,26)27)16-14-20(6)12-8-10-18(3)4;;;;/h9-10,13-14H,7-8,11-12,15-16H2,1-6H3,(H2,22,23,24)(H2,25,26,27);;;;/q;4*+1/p-4/b19-13-,20-14+;;;;. The molecular weight excluding hydrogens is 502 g/mol. The number of rotatable bonds is 12. The van der Waals surface area contributed by atoms with Crippen LogP contribution in [0.1, 0.15) is 80.1 Å². The zero-order valence-electron chi connectivity index (χ0n) is 22.4. The average molecular weight is 536 g/mol. The van der Waals surface area contributed by atoms with Gasteiger partial charge in [-0.2, -0.15) is 0 Å². The van der Waals surface area contributed by atoms with Gasteiger partial charge in [0, 0.05) is 4.90 Å². The van der Waals surface area contributed by atoms with Gasteiger partial charge in [0.25, 0.3) is 0 Å². The first-order chi connectivity index (χ1) is 13.1. The largest absolute Gasteiger partial charge is 1.00 e. The van der Waals surface area contributed by atoms with Crippen LogP contribution in [0.5, 0.6) is 0 Å². The first-order valence-corrected chi connectivity index (χ1v) is 12.8. The molecule has 0 aliphatic carbocycles. The normalized spacial score (nSPS) is 12.3. The van der Waals surface area contributed by atoms with Crippen molar-refractivity contribution in [3.8, 4) is 0 Å². The van der Waals surface area contributed by atoms with Gasteiger partial charge in [-0.15, -0.1) is 0 Å². The Kier molecular flexibility index (Phi) is 30.9. The molecule has 0 radical (unpaired) electrons. The molecular formula is C21H34Na4O6P2. The van der Waals surface area contributed by atoms with E-state index in [0.29, 0.717) is 25.7 Å². The molecule has 0 aromatic heterocycles. The molecule has 0 fully saturated rings. The van der Waals surface area contributed by atoms with Crippen molar-refractivity contribution >= 4 is 15.2 Å². The summed E-state index contributed by atoms with van der Waals surface area (Å²) in [5.74, 6) is 0. The second-order valence-corrected chi connectivity index (χ2v) is 12.2. The summed E-state index contributed by atoms with van der Waals surface area (Å²) in [6, 6.07) is 0. The van der Waals surface area contributed by atoms with Gasteiger partial charge >= 0.3 is 118 Å². The van der Waals surface area contributed by atoms with Crippen molar-refractivity contribution in [2.24, 2.45) is 0 Å². The molecule has 0 bridgehead atoms. The molecule has 0 heterocycles. The summed E-state index contributed by atoms with van der Waals surface area (Å²) < 4.78 is 23.9. The fourth-order valence-electron chi connectivity index (χ4n) is 2.74. The van der Waals surface area contributed by atoms with Gasteiger partial charge in [0.2, 0.25) is 0 Å². The molecule has 12 heteroatoms. The molecule has 0 saturated carbocycles. The molecule has 0 rings (SSSR count). The molecule has 0 aliphatic heterocycles. The molecule has 0 atom stereocenters. The molecule has 0 aromatic rings. The van der Waals surface area contributed by atoms with Crippen molar-refractivity contribution in [2.45, 2.75) is 85.0 Å². The molecule has 0 saturated heterocycles. The third-order valence-electron chi connectivity index (χ3n) is 4.76. The number of hydrogen-bond acceptors (Lipinski definition) is 6. The number of hydrogen-bond donors (Lipinski definition) is 0. The van der Waals surface area contributed by atoms with Crippen molar-refractivity contribution in [1.29, 1.82) is 0 Å². The summed E-state index contributed by atoms with van der Waals surface area (Å²) in [5.41, 5.74) is 3.73. The molecule has 0 N–H and O–H groups in total. The fraction of sp³-hybridized carbons (Fsp3) is 0.619. The van der Waals surface area contributed by atoms with Crippen molar-refractivity contribution < 1.29 is 147 Å². The smallest absolute Gasteiger partial charge is 0.810 e. The Bertz CT molecular complexity index is 695. The van der Waals surface area contributed by atoms with Crippen molar-refractivity contribution in [2.75, 3.05) is 0 Å². The Morgan fingerprint density at radius 3 is 1.09 bits per heavy atom. The van der Waals surface area contributed by atoms with Gasteiger partial charge in [0.05, 0.1) is 0 Å². The van der Waals surface area contributed by atoms with Gasteiger partial charge in [-0.3, -0.25) is 0 Å². The monoisotopic (exact) mass is 536 g/mol. The van der Waals surface area contributed by atoms with E-state index in [1.54, 1.807) is 13.8 Å². The molecule has 33 heavy (non-hydrogen) atoms. The van der Waals surface area contributed by atoms with Crippen LogP contribution in [-0.4, -0.2) is 4.90 Å². The van der Waals surface area contributed by atoms with E-state index in [-0.39, 0.29) is 118 Å². The first-order valence-electron chi connectivity index (χ1n) is 9.74. The van der Waals surface area contributed by atoms with Crippen LogP contribution >= 0.6 is 15.2 Å². The molecule has 0 aliphatic rings. The van der Waals surface area contributed by atoms with Crippen molar-refractivity contribution in [3.05, 3.63) is 46.6 Å². The Morgan fingerprint density at radius 2 is 0.879 bits per heavy atom. The maximum absolute atomic E-state index is 12.0. The predicted octanol–water partition coefficient (Wildman–Crippen LogP) is -8.31. The quantitative estimate of drug-likeness (QED) is 0.139. The Morgan fingerprint density at radius 1 is 0.606 bits per heavy atom. The summed E-state index contributed by atoms with van der Waals surface area (Å²) in [4.78, 5) is 44.9. The van der Waals surface area contributed by atoms with Crippen molar-refractivity contribution in [1.82, 2.24) is 0 Å². The Balaban J connectivity index is -0.000000653. The zero-order valence-corrected chi connectivity index (χ0v) is 32.2. The zero-order chi connectivity index (χ0) is 22.9. The molecule has 6 nitrogen and oxygen atoms in total. The van der Waals surface area contributed by atoms with Crippen LogP contribution in [0, 0.1) is 0 Å². The summed E-state index contributed by atoms with van der Waals surface area (Å²) in [5, 5.41) is 0. The third-order valence-corrected chi connectivity index (χ3v) is 9.00. The van der Waals surface area contributed by atoms with Crippen LogP contribution in [0.4, 0.5) is 0 Å². The van der Waals surface area contributed by atoms with Crippen LogP contribution in [0.3, 0.4) is 0 Å². The summed E-state index contributed by atoms with van der Waals surface area (Å²) >= 11 is 0. The van der Waals surface area contributed by atoms with E-state index in [4.69, 9.17) is 0 Å². The summed E-state index contributed by atoms with van der Waals surface area (Å²) in [6.45, 7) is 11.3. The van der Waals surface area contributed by atoms with E-state index in [9.17, 15) is 28.7 Å². The van der Waals surface area contributed by atoms with Gasteiger partial charge in [-0.25, -0.2) is 0 Å². The van der Waals surface area contributed by atoms with Gasteiger partial charge in [0.15, 0.2) is 0 Å². The van der Waals surface area contributed by atoms with Crippen LogP contribution in [0.25, 0.3) is 0 Å². The second-order valence-electron chi connectivity index (χ2n) is 8.13. The van der Waals surface area contributed by atoms with Gasteiger partial charge in [0.1, 0.15) is 0 Å². The molecule has 0 aromatic carbocycles. The average Bonchev–Trinajstić information content (AvgIpc) is 2.51. The minimum atomic E-state index is -5.73. The first kappa shape index (κ1) is 46.1. The number of allylic oxidation sites excluding steroid dienone is 8. The molecule has 168 valence electrons. The van der Waals surface area contributed by atoms with Gasteiger partial charge < -0.3 is 28.7 Å². The van der Waals surface area contributed by atoms with Gasteiger partial charge in [-0.05, 0) is 80.1 Å².